The number of nitrogens with one attached hydrogen (secondary N) is 1. The Morgan fingerprint density at radius 2 is 2.05 bits per heavy atom. The van der Waals surface area contributed by atoms with Crippen molar-refractivity contribution < 1.29 is 13.9 Å². The minimum absolute atomic E-state index is 0.0939. The number of hydrogen-bond donors (Lipinski definition) is 2. The number of aliphatic hydroxyl groups excluding tert-OH is 1. The van der Waals surface area contributed by atoms with Gasteiger partial charge in [-0.2, -0.15) is 0 Å². The fourth-order valence-electron chi connectivity index (χ4n) is 2.04. The van der Waals surface area contributed by atoms with Crippen LogP contribution in [0.1, 0.15) is 24.9 Å². The van der Waals surface area contributed by atoms with Gasteiger partial charge in [0.1, 0.15) is 0 Å². The molecule has 1 rings (SSSR count). The zero-order valence-corrected chi connectivity index (χ0v) is 11.5. The Balaban J connectivity index is 2.73. The fraction of sp³-hybridized carbons (Fsp3) is 0.571. The summed E-state index contributed by atoms with van der Waals surface area (Å²) in [5, 5.41) is 12.0. The van der Waals surface area contributed by atoms with E-state index in [1.165, 1.54) is 6.07 Å². The van der Waals surface area contributed by atoms with E-state index in [9.17, 15) is 8.78 Å². The molecule has 108 valence electrons. The van der Waals surface area contributed by atoms with Crippen molar-refractivity contribution in [3.05, 3.63) is 35.4 Å². The van der Waals surface area contributed by atoms with Crippen LogP contribution in [0.4, 0.5) is 8.78 Å². The van der Waals surface area contributed by atoms with Crippen LogP contribution >= 0.6 is 0 Å². The molecule has 1 aromatic rings. The standard InChI is InChI=1S/C14H22F2N2O/c1-3-17-13(7-8-18(2)9-10-19)11-5-4-6-12(15)14(11)16/h4-6,13,17,19H,3,7-10H2,1-2H3. The van der Waals surface area contributed by atoms with E-state index in [4.69, 9.17) is 5.11 Å². The average molecular weight is 272 g/mol. The molecular formula is C14H22F2N2O. The lowest BCUT2D eigenvalue weighted by molar-refractivity contribution is 0.215. The monoisotopic (exact) mass is 272 g/mol. The number of likely N-dealkylation sites (N-methyl/N-ethyl adjacent to an activating group) is 1. The first kappa shape index (κ1) is 16.0. The molecule has 0 aliphatic carbocycles. The van der Waals surface area contributed by atoms with Crippen LogP contribution in [0.2, 0.25) is 0 Å². The number of halogens is 2. The van der Waals surface area contributed by atoms with Gasteiger partial charge in [0.2, 0.25) is 0 Å². The van der Waals surface area contributed by atoms with Crippen molar-refractivity contribution in [2.75, 3.05) is 33.3 Å². The van der Waals surface area contributed by atoms with E-state index in [1.807, 2.05) is 18.9 Å². The number of benzene rings is 1. The molecule has 0 saturated carbocycles. The van der Waals surface area contributed by atoms with Gasteiger partial charge < -0.3 is 15.3 Å². The summed E-state index contributed by atoms with van der Waals surface area (Å²) in [4.78, 5) is 1.96. The summed E-state index contributed by atoms with van der Waals surface area (Å²) in [6, 6.07) is 4.04. The van der Waals surface area contributed by atoms with Crippen LogP contribution in [0.25, 0.3) is 0 Å². The lowest BCUT2D eigenvalue weighted by Crippen LogP contribution is -2.29. The van der Waals surface area contributed by atoms with Gasteiger partial charge >= 0.3 is 0 Å². The second kappa shape index (κ2) is 8.19. The molecule has 3 nitrogen and oxygen atoms in total. The van der Waals surface area contributed by atoms with Crippen LogP contribution < -0.4 is 5.32 Å². The molecule has 0 radical (unpaired) electrons. The van der Waals surface area contributed by atoms with Crippen molar-refractivity contribution in [2.45, 2.75) is 19.4 Å². The number of hydrogen-bond acceptors (Lipinski definition) is 3. The van der Waals surface area contributed by atoms with Gasteiger partial charge in [0.25, 0.3) is 0 Å². The van der Waals surface area contributed by atoms with E-state index in [0.29, 0.717) is 31.6 Å². The zero-order chi connectivity index (χ0) is 14.3. The topological polar surface area (TPSA) is 35.5 Å². The quantitative estimate of drug-likeness (QED) is 0.759. The van der Waals surface area contributed by atoms with E-state index in [0.717, 1.165) is 6.07 Å². The predicted molar refractivity (Wildman–Crippen MR) is 72.0 cm³/mol. The van der Waals surface area contributed by atoms with Gasteiger partial charge in [0.15, 0.2) is 11.6 Å². The van der Waals surface area contributed by atoms with Crippen molar-refractivity contribution >= 4 is 0 Å². The molecule has 0 aliphatic rings. The summed E-state index contributed by atoms with van der Waals surface area (Å²) < 4.78 is 27.0. The summed E-state index contributed by atoms with van der Waals surface area (Å²) in [7, 11) is 1.89. The molecule has 0 bridgehead atoms. The average Bonchev–Trinajstić information content (AvgIpc) is 2.38. The third kappa shape index (κ3) is 4.86. The van der Waals surface area contributed by atoms with Crippen LogP contribution in [0.5, 0.6) is 0 Å². The van der Waals surface area contributed by atoms with Gasteiger partial charge in [-0.25, -0.2) is 8.78 Å². The maximum absolute atomic E-state index is 13.8. The van der Waals surface area contributed by atoms with E-state index >= 15 is 0 Å². The summed E-state index contributed by atoms with van der Waals surface area (Å²) in [5.74, 6) is -1.60. The summed E-state index contributed by atoms with van der Waals surface area (Å²) >= 11 is 0. The summed E-state index contributed by atoms with van der Waals surface area (Å²) in [5.41, 5.74) is 0.360. The van der Waals surface area contributed by atoms with Crippen molar-refractivity contribution in [1.29, 1.82) is 0 Å². The predicted octanol–water partition coefficient (Wildman–Crippen LogP) is 1.93. The first-order chi connectivity index (χ1) is 9.10. The van der Waals surface area contributed by atoms with E-state index in [-0.39, 0.29) is 12.6 Å². The molecule has 5 heteroatoms. The highest BCUT2D eigenvalue weighted by atomic mass is 19.2. The van der Waals surface area contributed by atoms with E-state index in [1.54, 1.807) is 6.07 Å². The van der Waals surface area contributed by atoms with Gasteiger partial charge in [-0.3, -0.25) is 0 Å². The fourth-order valence-corrected chi connectivity index (χ4v) is 2.04. The third-order valence-corrected chi connectivity index (χ3v) is 3.09. The highest BCUT2D eigenvalue weighted by molar-refractivity contribution is 5.22. The molecule has 1 atom stereocenters. The van der Waals surface area contributed by atoms with Gasteiger partial charge in [0.05, 0.1) is 6.61 Å². The Bertz CT molecular complexity index is 388. The van der Waals surface area contributed by atoms with Crippen LogP contribution in [0, 0.1) is 11.6 Å². The Morgan fingerprint density at radius 1 is 1.32 bits per heavy atom. The maximum Gasteiger partial charge on any atom is 0.163 e. The summed E-state index contributed by atoms with van der Waals surface area (Å²) in [6.45, 7) is 3.99. The Morgan fingerprint density at radius 3 is 2.68 bits per heavy atom. The molecule has 19 heavy (non-hydrogen) atoms. The first-order valence-corrected chi connectivity index (χ1v) is 6.56. The molecule has 0 aromatic heterocycles. The highest BCUT2D eigenvalue weighted by Gasteiger charge is 2.17. The lowest BCUT2D eigenvalue weighted by atomic mass is 10.0. The van der Waals surface area contributed by atoms with Crippen LogP contribution in [-0.4, -0.2) is 43.3 Å². The van der Waals surface area contributed by atoms with Crippen LogP contribution in [-0.2, 0) is 0 Å². The molecule has 2 N–H and O–H groups in total. The van der Waals surface area contributed by atoms with Gasteiger partial charge in [-0.05, 0) is 32.6 Å². The normalized spacial score (nSPS) is 12.9. The Kier molecular flexibility index (Phi) is 6.91. The molecule has 0 aliphatic heterocycles. The second-order valence-electron chi connectivity index (χ2n) is 4.57. The molecule has 0 amide bonds. The van der Waals surface area contributed by atoms with Crippen molar-refractivity contribution in [1.82, 2.24) is 10.2 Å². The minimum atomic E-state index is -0.816. The van der Waals surface area contributed by atoms with Crippen LogP contribution in [0.3, 0.4) is 0 Å². The SMILES string of the molecule is CCNC(CCN(C)CCO)c1cccc(F)c1F. The lowest BCUT2D eigenvalue weighted by Gasteiger charge is -2.22. The van der Waals surface area contributed by atoms with Crippen molar-refractivity contribution in [2.24, 2.45) is 0 Å². The summed E-state index contributed by atoms with van der Waals surface area (Å²) in [6.07, 6.45) is 0.657. The Hall–Kier alpha value is -1.04. The van der Waals surface area contributed by atoms with E-state index < -0.39 is 11.6 Å². The second-order valence-corrected chi connectivity index (χ2v) is 4.57. The molecule has 0 fully saturated rings. The number of rotatable bonds is 8. The minimum Gasteiger partial charge on any atom is -0.395 e. The third-order valence-electron chi connectivity index (χ3n) is 3.09. The molecule has 0 spiro atoms. The van der Waals surface area contributed by atoms with E-state index in [2.05, 4.69) is 5.32 Å². The molecule has 1 unspecified atom stereocenters. The van der Waals surface area contributed by atoms with Gasteiger partial charge in [-0.15, -0.1) is 0 Å². The van der Waals surface area contributed by atoms with Gasteiger partial charge in [0, 0.05) is 18.2 Å². The number of aliphatic hydroxyl groups is 1. The number of nitrogens with zero attached hydrogens (tertiary/aromatic N) is 1. The van der Waals surface area contributed by atoms with Crippen LogP contribution in [0.15, 0.2) is 18.2 Å². The molecule has 0 heterocycles. The van der Waals surface area contributed by atoms with Gasteiger partial charge in [-0.1, -0.05) is 19.1 Å². The smallest absolute Gasteiger partial charge is 0.163 e. The first-order valence-electron chi connectivity index (χ1n) is 6.56. The molecule has 1 aromatic carbocycles. The highest BCUT2D eigenvalue weighted by Crippen LogP contribution is 2.22. The van der Waals surface area contributed by atoms with Crippen molar-refractivity contribution in [3.8, 4) is 0 Å². The molecule has 0 saturated heterocycles. The van der Waals surface area contributed by atoms with Crippen molar-refractivity contribution in [3.63, 3.8) is 0 Å². The maximum atomic E-state index is 13.8. The zero-order valence-electron chi connectivity index (χ0n) is 11.5. The Labute approximate surface area is 113 Å². The largest absolute Gasteiger partial charge is 0.395 e. The molecular weight excluding hydrogens is 250 g/mol.